The fourth-order valence-electron chi connectivity index (χ4n) is 1.89. The van der Waals surface area contributed by atoms with Crippen LogP contribution in [0.25, 0.3) is 0 Å². The van der Waals surface area contributed by atoms with Gasteiger partial charge in [0.05, 0.1) is 4.47 Å². The second-order valence-corrected chi connectivity index (χ2v) is 26.6. The summed E-state index contributed by atoms with van der Waals surface area (Å²) in [4.78, 5) is 25.1. The van der Waals surface area contributed by atoms with Crippen molar-refractivity contribution in [3.63, 3.8) is 0 Å². The zero-order chi connectivity index (χ0) is 18.3. The number of rotatable bonds is 6. The van der Waals surface area contributed by atoms with Crippen LogP contribution in [-0.4, -0.2) is 49.5 Å². The third-order valence-electron chi connectivity index (χ3n) is 3.77. The summed E-state index contributed by atoms with van der Waals surface area (Å²) >= 11 is 1.61. The number of halogens is 1. The van der Waals surface area contributed by atoms with Crippen LogP contribution in [0.3, 0.4) is 0 Å². The molecule has 134 valence electrons. The molecule has 0 fully saturated rings. The molecular weight excluding hydrogens is 570 g/mol. The first kappa shape index (κ1) is 26.0. The van der Waals surface area contributed by atoms with Crippen LogP contribution in [0.15, 0.2) is 20.3 Å². The molecular formula is C16H33BrN2O2Sn2. The minimum atomic E-state index is -0.653. The number of hydrogen-bond donors (Lipinski definition) is 2. The van der Waals surface area contributed by atoms with Gasteiger partial charge in [0, 0.05) is 6.20 Å². The van der Waals surface area contributed by atoms with Gasteiger partial charge in [-0.15, -0.1) is 0 Å². The van der Waals surface area contributed by atoms with Gasteiger partial charge in [-0.05, 0) is 15.9 Å². The normalized spacial score (nSPS) is 9.96. The zero-order valence-corrected chi connectivity index (χ0v) is 22.8. The van der Waals surface area contributed by atoms with Crippen LogP contribution >= 0.6 is 15.9 Å². The van der Waals surface area contributed by atoms with Crippen LogP contribution in [0.4, 0.5) is 0 Å². The first-order chi connectivity index (χ1) is 10.9. The summed E-state index contributed by atoms with van der Waals surface area (Å²) in [5.74, 6) is 0. The molecule has 0 unspecified atom stereocenters. The van der Waals surface area contributed by atoms with Crippen molar-refractivity contribution < 1.29 is 0 Å². The van der Waals surface area contributed by atoms with Crippen LogP contribution in [-0.2, 0) is 0 Å². The van der Waals surface area contributed by atoms with Gasteiger partial charge in [0.1, 0.15) is 0 Å². The molecule has 0 aliphatic heterocycles. The van der Waals surface area contributed by atoms with Crippen LogP contribution in [0.2, 0.25) is 26.6 Å². The summed E-state index contributed by atoms with van der Waals surface area (Å²) in [5.41, 5.74) is -0.915. The first-order valence-corrected chi connectivity index (χ1v) is 21.4. The van der Waals surface area contributed by atoms with Crippen molar-refractivity contribution in [2.24, 2.45) is 0 Å². The van der Waals surface area contributed by atoms with Gasteiger partial charge < -0.3 is 4.98 Å². The smallest absolute Gasteiger partial charge is 0.313 e. The van der Waals surface area contributed by atoms with Gasteiger partial charge in [0.15, 0.2) is 0 Å². The quantitative estimate of drug-likeness (QED) is 0.455. The van der Waals surface area contributed by atoms with Crippen molar-refractivity contribution in [3.05, 3.63) is 31.5 Å². The Bertz CT molecular complexity index is 460. The summed E-state index contributed by atoms with van der Waals surface area (Å²) in [6.45, 7) is 14.1. The summed E-state index contributed by atoms with van der Waals surface area (Å²) < 4.78 is 9.63. The molecule has 0 bridgehead atoms. The van der Waals surface area contributed by atoms with Crippen LogP contribution in [0, 0.1) is 0 Å². The Labute approximate surface area is 163 Å². The molecule has 0 aliphatic carbocycles. The number of aromatic amines is 2. The van der Waals surface area contributed by atoms with E-state index >= 15 is 0 Å². The Morgan fingerprint density at radius 2 is 1.17 bits per heavy atom. The predicted molar refractivity (Wildman–Crippen MR) is 110 cm³/mol. The standard InChI is InChI=1S/C4H3BrN2O2.6C2H5.2Sn/c5-2-1-6-4(9)7-3(2)8;6*1-2;;/h1H,(H2,6,7,8,9);6*1H2,2H3;;. The maximum absolute atomic E-state index is 10.5. The molecule has 0 aliphatic rings. The maximum Gasteiger partial charge on any atom is 0.325 e. The number of nitrogens with one attached hydrogen (secondary N) is 2. The van der Waals surface area contributed by atoms with E-state index in [9.17, 15) is 9.59 Å². The molecule has 7 heteroatoms. The molecule has 4 nitrogen and oxygen atoms in total. The third-order valence-corrected chi connectivity index (χ3v) is 21.5. The molecule has 1 rings (SSSR count). The van der Waals surface area contributed by atoms with Crippen molar-refractivity contribution in [1.29, 1.82) is 0 Å². The zero-order valence-electron chi connectivity index (χ0n) is 15.5. The molecule has 1 aromatic rings. The van der Waals surface area contributed by atoms with Gasteiger partial charge >= 0.3 is 113 Å². The Hall–Kier alpha value is 0.757. The van der Waals surface area contributed by atoms with E-state index < -0.39 is 50.8 Å². The van der Waals surface area contributed by atoms with Gasteiger partial charge in [-0.25, -0.2) is 4.79 Å². The second-order valence-electron chi connectivity index (χ2n) is 5.04. The average molecular weight is 603 g/mol. The molecule has 2 N–H and O–H groups in total. The molecule has 0 saturated heterocycles. The molecule has 2 radical (unpaired) electrons. The fraction of sp³-hybridized carbons (Fsp3) is 0.750. The summed E-state index contributed by atoms with van der Waals surface area (Å²) in [7, 11) is 0. The van der Waals surface area contributed by atoms with Gasteiger partial charge in [-0.2, -0.15) is 0 Å². The van der Waals surface area contributed by atoms with Gasteiger partial charge in [-0.3, -0.25) is 9.78 Å². The Morgan fingerprint density at radius 1 is 0.826 bits per heavy atom. The number of hydrogen-bond acceptors (Lipinski definition) is 2. The van der Waals surface area contributed by atoms with Crippen molar-refractivity contribution in [2.75, 3.05) is 0 Å². The topological polar surface area (TPSA) is 65.7 Å². The SMILES string of the molecule is C[CH2][Sn]([CH2]C)[CH2]C.C[CH2][Sn]([CH2]C)[CH2]C.O=c1[nH]cc(Br)c(=O)[nH]1. The van der Waals surface area contributed by atoms with Crippen LogP contribution in [0.5, 0.6) is 0 Å². The Morgan fingerprint density at radius 3 is 1.35 bits per heavy atom. The monoisotopic (exact) mass is 604 g/mol. The van der Waals surface area contributed by atoms with E-state index in [4.69, 9.17) is 0 Å². The van der Waals surface area contributed by atoms with E-state index in [2.05, 4.69) is 62.5 Å². The van der Waals surface area contributed by atoms with Crippen molar-refractivity contribution in [2.45, 2.75) is 68.2 Å². The van der Waals surface area contributed by atoms with E-state index in [1.165, 1.54) is 6.20 Å². The third kappa shape index (κ3) is 14.8. The van der Waals surface area contributed by atoms with Crippen LogP contribution < -0.4 is 11.2 Å². The minimum absolute atomic E-state index is 0.321. The fourth-order valence-corrected chi connectivity index (χ4v) is 10.7. The molecule has 1 aromatic heterocycles. The van der Waals surface area contributed by atoms with Gasteiger partial charge in [0.25, 0.3) is 5.56 Å². The largest absolute Gasteiger partial charge is 0.325 e. The summed E-state index contributed by atoms with van der Waals surface area (Å²) in [6.07, 6.45) is 1.29. The van der Waals surface area contributed by atoms with E-state index in [-0.39, 0.29) is 0 Å². The Kier molecular flexibility index (Phi) is 19.9. The Balaban J connectivity index is 0. The van der Waals surface area contributed by atoms with Crippen molar-refractivity contribution in [3.8, 4) is 0 Å². The van der Waals surface area contributed by atoms with Crippen molar-refractivity contribution >= 4 is 55.4 Å². The molecule has 0 saturated carbocycles. The number of aromatic nitrogens is 2. The minimum Gasteiger partial charge on any atom is -0.313 e. The van der Waals surface area contributed by atoms with E-state index in [0.717, 1.165) is 0 Å². The first-order valence-electron chi connectivity index (χ1n) is 8.54. The van der Waals surface area contributed by atoms with Crippen LogP contribution in [0.1, 0.15) is 41.5 Å². The summed E-state index contributed by atoms with van der Waals surface area (Å²) in [5, 5.41) is 0. The van der Waals surface area contributed by atoms with E-state index in [1.54, 1.807) is 26.6 Å². The second kappa shape index (κ2) is 17.6. The van der Waals surface area contributed by atoms with E-state index in [1.807, 2.05) is 4.98 Å². The van der Waals surface area contributed by atoms with E-state index in [0.29, 0.717) is 4.47 Å². The molecule has 1 heterocycles. The molecule has 0 atom stereocenters. The molecule has 23 heavy (non-hydrogen) atoms. The number of H-pyrrole nitrogens is 2. The predicted octanol–water partition coefficient (Wildman–Crippen LogP) is 4.91. The molecule has 0 aromatic carbocycles. The molecule has 0 amide bonds. The van der Waals surface area contributed by atoms with Gasteiger partial charge in [0.2, 0.25) is 0 Å². The maximum atomic E-state index is 10.5. The summed E-state index contributed by atoms with van der Waals surface area (Å²) in [6, 6.07) is 0. The molecule has 0 spiro atoms. The van der Waals surface area contributed by atoms with Crippen molar-refractivity contribution in [1.82, 2.24) is 9.97 Å². The average Bonchev–Trinajstić information content (AvgIpc) is 2.56. The van der Waals surface area contributed by atoms with Gasteiger partial charge in [-0.1, -0.05) is 0 Å².